The van der Waals surface area contributed by atoms with Gasteiger partial charge in [0.2, 0.25) is 0 Å². The first-order valence-electron chi connectivity index (χ1n) is 9.78. The first-order valence-corrected chi connectivity index (χ1v) is 9.78. The number of nitrogens with zero attached hydrogens (tertiary/aromatic N) is 3. The number of pyridine rings is 1. The maximum Gasteiger partial charge on any atom is 0.250 e. The van der Waals surface area contributed by atoms with Gasteiger partial charge in [0.05, 0.1) is 35.7 Å². The lowest BCUT2D eigenvalue weighted by Crippen LogP contribution is -2.12. The van der Waals surface area contributed by atoms with Gasteiger partial charge in [0, 0.05) is 18.3 Å². The molecule has 0 fully saturated rings. The minimum absolute atomic E-state index is 0.458. The van der Waals surface area contributed by atoms with Crippen LogP contribution in [0.5, 0.6) is 0 Å². The lowest BCUT2D eigenvalue weighted by molar-refractivity contribution is 0.100. The first-order chi connectivity index (χ1) is 14.6. The molecular formula is C23H21N5O2. The van der Waals surface area contributed by atoms with Crippen LogP contribution in [0.15, 0.2) is 54.7 Å². The smallest absolute Gasteiger partial charge is 0.250 e. The second-order valence-corrected chi connectivity index (χ2v) is 7.37. The summed E-state index contributed by atoms with van der Waals surface area (Å²) in [5, 5.41) is 3.45. The molecule has 1 aromatic carbocycles. The second kappa shape index (κ2) is 7.27. The molecule has 0 atom stereocenters. The molecule has 0 bridgehead atoms. The molecule has 3 aromatic heterocycles. The number of anilines is 1. The fraction of sp³-hybridized carbons (Fsp3) is 0.174. The summed E-state index contributed by atoms with van der Waals surface area (Å²) < 4.78 is 7.56. The fourth-order valence-corrected chi connectivity index (χ4v) is 3.90. The van der Waals surface area contributed by atoms with Crippen molar-refractivity contribution in [2.24, 2.45) is 5.73 Å². The monoisotopic (exact) mass is 399 g/mol. The molecule has 0 saturated carbocycles. The van der Waals surface area contributed by atoms with Crippen LogP contribution in [0.3, 0.4) is 0 Å². The van der Waals surface area contributed by atoms with Crippen LogP contribution in [0.1, 0.15) is 32.7 Å². The molecule has 7 heteroatoms. The Morgan fingerprint density at radius 1 is 1.17 bits per heavy atom. The highest BCUT2D eigenvalue weighted by atomic mass is 16.5. The van der Waals surface area contributed by atoms with Crippen molar-refractivity contribution in [2.45, 2.75) is 26.7 Å². The van der Waals surface area contributed by atoms with Crippen LogP contribution in [0.25, 0.3) is 17.0 Å². The zero-order valence-corrected chi connectivity index (χ0v) is 16.6. The highest BCUT2D eigenvalue weighted by molar-refractivity contribution is 6.00. The summed E-state index contributed by atoms with van der Waals surface area (Å²) in [4.78, 5) is 21.5. The Bertz CT molecular complexity index is 1260. The number of fused-ring (bicyclic) bond motifs is 2. The van der Waals surface area contributed by atoms with Crippen LogP contribution in [0.4, 0.5) is 5.82 Å². The third-order valence-electron chi connectivity index (χ3n) is 5.36. The molecule has 1 aliphatic heterocycles. The molecule has 0 radical (unpaired) electrons. The third kappa shape index (κ3) is 3.09. The predicted octanol–water partition coefficient (Wildman–Crippen LogP) is 3.45. The molecular weight excluding hydrogens is 378 g/mol. The van der Waals surface area contributed by atoms with Crippen LogP contribution in [-0.2, 0) is 24.5 Å². The Labute approximate surface area is 173 Å². The zero-order chi connectivity index (χ0) is 20.7. The summed E-state index contributed by atoms with van der Waals surface area (Å²) in [6.07, 6.45) is 1.90. The standard InChI is InChI=1S/C23H21N5O2/c1-14-10-19-16(21(24)29)8-5-9-28(19)20(14)23-26-18-13-30-12-17(18)22(27-23)25-11-15-6-3-2-4-7-15/h2-10H,11-13H2,1H3,(H2,24,29)(H,25,26,27). The average molecular weight is 399 g/mol. The number of carbonyl (C=O) groups is 1. The van der Waals surface area contributed by atoms with Gasteiger partial charge in [0.15, 0.2) is 5.82 Å². The van der Waals surface area contributed by atoms with E-state index in [1.54, 1.807) is 12.1 Å². The summed E-state index contributed by atoms with van der Waals surface area (Å²) in [7, 11) is 0. The number of carbonyl (C=O) groups excluding carboxylic acids is 1. The van der Waals surface area contributed by atoms with Gasteiger partial charge >= 0.3 is 0 Å². The molecule has 0 unspecified atom stereocenters. The number of amides is 1. The van der Waals surface area contributed by atoms with Crippen molar-refractivity contribution in [1.29, 1.82) is 0 Å². The van der Waals surface area contributed by atoms with E-state index in [0.717, 1.165) is 33.8 Å². The normalized spacial score (nSPS) is 12.8. The largest absolute Gasteiger partial charge is 0.370 e. The Morgan fingerprint density at radius 2 is 2.00 bits per heavy atom. The van der Waals surface area contributed by atoms with E-state index in [-0.39, 0.29) is 0 Å². The second-order valence-electron chi connectivity index (χ2n) is 7.37. The number of nitrogens with two attached hydrogens (primary N) is 1. The van der Waals surface area contributed by atoms with Gasteiger partial charge in [-0.15, -0.1) is 0 Å². The van der Waals surface area contributed by atoms with Gasteiger partial charge in [-0.2, -0.15) is 0 Å². The number of primary amides is 1. The van der Waals surface area contributed by atoms with Gasteiger partial charge in [0.1, 0.15) is 5.82 Å². The van der Waals surface area contributed by atoms with E-state index in [2.05, 4.69) is 17.4 Å². The van der Waals surface area contributed by atoms with Crippen LogP contribution >= 0.6 is 0 Å². The van der Waals surface area contributed by atoms with Crippen molar-refractivity contribution < 1.29 is 9.53 Å². The number of aryl methyl sites for hydroxylation is 1. The van der Waals surface area contributed by atoms with Gasteiger partial charge in [-0.25, -0.2) is 9.97 Å². The third-order valence-corrected chi connectivity index (χ3v) is 5.36. The molecule has 150 valence electrons. The van der Waals surface area contributed by atoms with Crippen molar-refractivity contribution in [3.8, 4) is 11.5 Å². The Balaban J connectivity index is 1.61. The van der Waals surface area contributed by atoms with E-state index in [0.29, 0.717) is 31.1 Å². The van der Waals surface area contributed by atoms with Crippen molar-refractivity contribution in [2.75, 3.05) is 5.32 Å². The van der Waals surface area contributed by atoms with Crippen LogP contribution < -0.4 is 11.1 Å². The average Bonchev–Trinajstić information content (AvgIpc) is 3.35. The molecule has 4 aromatic rings. The van der Waals surface area contributed by atoms with Crippen molar-refractivity contribution in [1.82, 2.24) is 14.4 Å². The number of nitrogens with one attached hydrogen (secondary N) is 1. The van der Waals surface area contributed by atoms with Crippen LogP contribution in [0, 0.1) is 6.92 Å². The quantitative estimate of drug-likeness (QED) is 0.536. The molecule has 30 heavy (non-hydrogen) atoms. The molecule has 1 aliphatic rings. The van der Waals surface area contributed by atoms with Gasteiger partial charge in [-0.3, -0.25) is 4.79 Å². The Kier molecular flexibility index (Phi) is 4.44. The molecule has 0 saturated heterocycles. The van der Waals surface area contributed by atoms with E-state index in [9.17, 15) is 4.79 Å². The number of rotatable bonds is 5. The number of benzene rings is 1. The minimum atomic E-state index is -0.460. The summed E-state index contributed by atoms with van der Waals surface area (Å²) >= 11 is 0. The van der Waals surface area contributed by atoms with E-state index in [1.165, 1.54) is 5.56 Å². The van der Waals surface area contributed by atoms with E-state index in [4.69, 9.17) is 20.4 Å². The summed E-state index contributed by atoms with van der Waals surface area (Å²) in [5.41, 5.74) is 11.6. The lowest BCUT2D eigenvalue weighted by atomic mass is 10.2. The molecule has 5 rings (SSSR count). The molecule has 4 heterocycles. The van der Waals surface area contributed by atoms with Crippen molar-refractivity contribution >= 4 is 17.2 Å². The SMILES string of the molecule is Cc1cc2c(C(N)=O)cccn2c1-c1nc2c(c(NCc3ccccc3)n1)COC2. The highest BCUT2D eigenvalue weighted by Gasteiger charge is 2.23. The number of hydrogen-bond donors (Lipinski definition) is 2. The summed E-state index contributed by atoms with van der Waals surface area (Å²) in [5.74, 6) is 0.906. The first kappa shape index (κ1) is 18.3. The maximum absolute atomic E-state index is 11.9. The minimum Gasteiger partial charge on any atom is -0.370 e. The number of ether oxygens (including phenoxy) is 1. The molecule has 0 spiro atoms. The van der Waals surface area contributed by atoms with Crippen molar-refractivity contribution in [3.05, 3.63) is 82.7 Å². The zero-order valence-electron chi connectivity index (χ0n) is 16.6. The topological polar surface area (TPSA) is 94.5 Å². The Morgan fingerprint density at radius 3 is 2.80 bits per heavy atom. The van der Waals surface area contributed by atoms with Crippen LogP contribution in [-0.4, -0.2) is 20.3 Å². The highest BCUT2D eigenvalue weighted by Crippen LogP contribution is 2.31. The molecule has 3 N–H and O–H groups in total. The molecule has 7 nitrogen and oxygen atoms in total. The van der Waals surface area contributed by atoms with Gasteiger partial charge in [-0.1, -0.05) is 30.3 Å². The number of hydrogen-bond acceptors (Lipinski definition) is 5. The summed E-state index contributed by atoms with van der Waals surface area (Å²) in [6.45, 7) is 3.59. The lowest BCUT2D eigenvalue weighted by Gasteiger charge is -2.12. The Hall–Kier alpha value is -3.71. The number of aromatic nitrogens is 3. The predicted molar refractivity (Wildman–Crippen MR) is 114 cm³/mol. The molecule has 1 amide bonds. The fourth-order valence-electron chi connectivity index (χ4n) is 3.90. The van der Waals surface area contributed by atoms with E-state index >= 15 is 0 Å². The molecule has 0 aliphatic carbocycles. The van der Waals surface area contributed by atoms with Gasteiger partial charge in [-0.05, 0) is 36.2 Å². The van der Waals surface area contributed by atoms with Crippen LogP contribution in [0.2, 0.25) is 0 Å². The van der Waals surface area contributed by atoms with Gasteiger partial charge in [0.25, 0.3) is 5.91 Å². The van der Waals surface area contributed by atoms with E-state index in [1.807, 2.05) is 41.8 Å². The summed E-state index contributed by atoms with van der Waals surface area (Å²) in [6, 6.07) is 15.7. The van der Waals surface area contributed by atoms with E-state index < -0.39 is 5.91 Å². The maximum atomic E-state index is 11.9. The van der Waals surface area contributed by atoms with Crippen molar-refractivity contribution in [3.63, 3.8) is 0 Å². The van der Waals surface area contributed by atoms with Gasteiger partial charge < -0.3 is 20.2 Å².